The standard InChI is InChI=1S/C48H52Cl2FN9O7/c1-27-25-58(46(64)29-14-16-30(17-15-29)53-43(62)35-24-37-42(57-56-35)55-45(67-37)40-32(49)18-19-33(51)41(40)50)26-28(2)59(27)23-10-8-6-4-3-5-7-9-22-52-34-13-11-12-31-39(34)48(66)60(47(31)65)36-20-21-38(61)54-44(36)63/h11-19,24,27-28,36,45,52H,3-10,20-23,25-26H2,1-2H3,(H,53,62)(H,55,57)(H,54,61,63)/t27-,28+,36?,45-/m0/s1. The van der Waals surface area contributed by atoms with Gasteiger partial charge in [0.05, 0.1) is 26.7 Å². The van der Waals surface area contributed by atoms with Crippen LogP contribution in [0.5, 0.6) is 5.75 Å². The van der Waals surface area contributed by atoms with Crippen molar-refractivity contribution in [2.24, 2.45) is 0 Å². The molecule has 8 rings (SSSR count). The van der Waals surface area contributed by atoms with E-state index < -0.39 is 47.6 Å². The molecule has 0 spiro atoms. The summed E-state index contributed by atoms with van der Waals surface area (Å²) in [6, 6.07) is 15.2. The number of imide groups is 2. The minimum atomic E-state index is -0.990. The SMILES string of the molecule is C[C@@H]1CN(C(=O)c2ccc(NC(=O)c3cc4c(nn3)N[C@H](c3c(Cl)ccc(F)c3Cl)O4)cc2)C[C@H](C)N1CCCCCCCCCCNc1cccc2c1C(=O)N(C1CCC(=O)NC1=O)C2=O. The number of benzene rings is 3. The summed E-state index contributed by atoms with van der Waals surface area (Å²) in [6.45, 7) is 7.18. The third-order valence-electron chi connectivity index (χ3n) is 12.8. The van der Waals surface area contributed by atoms with Crippen LogP contribution in [0, 0.1) is 5.82 Å². The summed E-state index contributed by atoms with van der Waals surface area (Å²) in [5.41, 5.74) is 2.30. The maximum absolute atomic E-state index is 14.1. The molecule has 19 heteroatoms. The fourth-order valence-electron chi connectivity index (χ4n) is 9.27. The van der Waals surface area contributed by atoms with E-state index in [1.807, 2.05) is 4.90 Å². The zero-order valence-corrected chi connectivity index (χ0v) is 38.7. The largest absolute Gasteiger partial charge is 0.462 e. The molecule has 5 heterocycles. The number of nitrogens with one attached hydrogen (secondary N) is 4. The number of hydrogen-bond donors (Lipinski definition) is 4. The second-order valence-electron chi connectivity index (χ2n) is 17.4. The second-order valence-corrected chi connectivity index (χ2v) is 18.2. The number of carbonyl (C=O) groups is 6. The second kappa shape index (κ2) is 20.8. The van der Waals surface area contributed by atoms with E-state index in [1.54, 1.807) is 42.5 Å². The summed E-state index contributed by atoms with van der Waals surface area (Å²) in [6.07, 6.45) is 7.99. The van der Waals surface area contributed by atoms with E-state index in [4.69, 9.17) is 27.9 Å². The lowest BCUT2D eigenvalue weighted by atomic mass is 10.0. The van der Waals surface area contributed by atoms with Gasteiger partial charge in [0, 0.05) is 61.1 Å². The molecule has 0 bridgehead atoms. The van der Waals surface area contributed by atoms with Crippen molar-refractivity contribution in [1.82, 2.24) is 30.2 Å². The molecule has 6 amide bonds. The number of piperidine rings is 1. The summed E-state index contributed by atoms with van der Waals surface area (Å²) in [5, 5.41) is 19.3. The van der Waals surface area contributed by atoms with Crippen molar-refractivity contribution >= 4 is 75.8 Å². The Kier molecular flexibility index (Phi) is 14.7. The average Bonchev–Trinajstić information content (AvgIpc) is 3.84. The van der Waals surface area contributed by atoms with Crippen LogP contribution in [0.4, 0.5) is 21.6 Å². The molecule has 4 aliphatic heterocycles. The van der Waals surface area contributed by atoms with Gasteiger partial charge in [-0.1, -0.05) is 67.8 Å². The molecule has 0 aliphatic carbocycles. The first kappa shape index (κ1) is 47.3. The number of carbonyl (C=O) groups excluding carboxylic acids is 6. The summed E-state index contributed by atoms with van der Waals surface area (Å²) in [7, 11) is 0. The number of hydrogen-bond acceptors (Lipinski definition) is 12. The lowest BCUT2D eigenvalue weighted by molar-refractivity contribution is -0.136. The zero-order valence-electron chi connectivity index (χ0n) is 37.2. The minimum Gasteiger partial charge on any atom is -0.462 e. The fourth-order valence-corrected chi connectivity index (χ4v) is 9.84. The first-order chi connectivity index (χ1) is 32.3. The quantitative estimate of drug-likeness (QED) is 0.0456. The molecule has 0 radical (unpaired) electrons. The summed E-state index contributed by atoms with van der Waals surface area (Å²) < 4.78 is 20.0. The van der Waals surface area contributed by atoms with Crippen molar-refractivity contribution in [2.75, 3.05) is 42.1 Å². The van der Waals surface area contributed by atoms with Crippen molar-refractivity contribution in [3.8, 4) is 5.75 Å². The first-order valence-electron chi connectivity index (χ1n) is 22.8. The molecule has 352 valence electrons. The van der Waals surface area contributed by atoms with E-state index in [2.05, 4.69) is 50.2 Å². The Labute approximate surface area is 397 Å². The Morgan fingerprint density at radius 3 is 2.28 bits per heavy atom. The third-order valence-corrected chi connectivity index (χ3v) is 13.5. The average molecular weight is 957 g/mol. The van der Waals surface area contributed by atoms with Gasteiger partial charge in [-0.3, -0.25) is 43.9 Å². The van der Waals surface area contributed by atoms with Gasteiger partial charge in [0.2, 0.25) is 18.0 Å². The molecular weight excluding hydrogens is 904 g/mol. The normalized spacial score (nSPS) is 20.3. The highest BCUT2D eigenvalue weighted by molar-refractivity contribution is 6.36. The van der Waals surface area contributed by atoms with Crippen molar-refractivity contribution in [1.29, 1.82) is 0 Å². The molecule has 67 heavy (non-hydrogen) atoms. The van der Waals surface area contributed by atoms with Crippen LogP contribution in [-0.4, -0.2) is 105 Å². The van der Waals surface area contributed by atoms with Crippen LogP contribution in [0.3, 0.4) is 0 Å². The molecule has 4 atom stereocenters. The Hall–Kier alpha value is -6.17. The molecule has 0 saturated carbocycles. The number of halogens is 3. The summed E-state index contributed by atoms with van der Waals surface area (Å²) in [5.74, 6) is -2.84. The van der Waals surface area contributed by atoms with Crippen LogP contribution in [0.25, 0.3) is 0 Å². The molecule has 1 aromatic heterocycles. The smallest absolute Gasteiger partial charge is 0.276 e. The maximum Gasteiger partial charge on any atom is 0.276 e. The molecule has 3 aromatic carbocycles. The minimum absolute atomic E-state index is 0.0180. The number of rotatable bonds is 17. The van der Waals surface area contributed by atoms with E-state index in [-0.39, 0.29) is 74.8 Å². The highest BCUT2D eigenvalue weighted by atomic mass is 35.5. The van der Waals surface area contributed by atoms with Gasteiger partial charge in [-0.05, 0) is 88.2 Å². The van der Waals surface area contributed by atoms with Gasteiger partial charge in [-0.2, -0.15) is 0 Å². The molecule has 4 aromatic rings. The van der Waals surface area contributed by atoms with E-state index in [0.29, 0.717) is 36.6 Å². The molecule has 2 saturated heterocycles. The van der Waals surface area contributed by atoms with Crippen molar-refractivity contribution in [3.05, 3.63) is 104 Å². The summed E-state index contributed by atoms with van der Waals surface area (Å²) >= 11 is 12.4. The van der Waals surface area contributed by atoms with Crippen LogP contribution in [0.1, 0.15) is 131 Å². The Morgan fingerprint density at radius 1 is 0.866 bits per heavy atom. The predicted molar refractivity (Wildman–Crippen MR) is 250 cm³/mol. The number of fused-ring (bicyclic) bond motifs is 2. The van der Waals surface area contributed by atoms with Crippen LogP contribution < -0.4 is 26.0 Å². The number of nitrogens with zero attached hydrogens (tertiary/aromatic N) is 5. The number of anilines is 3. The highest BCUT2D eigenvalue weighted by Gasteiger charge is 2.45. The Balaban J connectivity index is 0.703. The van der Waals surface area contributed by atoms with Crippen molar-refractivity contribution in [2.45, 2.75) is 102 Å². The number of piperazine rings is 1. The van der Waals surface area contributed by atoms with E-state index >= 15 is 0 Å². The molecule has 1 unspecified atom stereocenters. The lowest BCUT2D eigenvalue weighted by Gasteiger charge is -2.44. The van der Waals surface area contributed by atoms with Crippen LogP contribution in [-0.2, 0) is 9.59 Å². The van der Waals surface area contributed by atoms with E-state index in [0.717, 1.165) is 68.9 Å². The van der Waals surface area contributed by atoms with Crippen LogP contribution in [0.15, 0.2) is 60.7 Å². The van der Waals surface area contributed by atoms with E-state index in [9.17, 15) is 33.2 Å². The number of aromatic nitrogens is 2. The number of ether oxygens (including phenoxy) is 1. The van der Waals surface area contributed by atoms with Gasteiger partial charge in [0.1, 0.15) is 11.9 Å². The maximum atomic E-state index is 14.1. The molecule has 16 nitrogen and oxygen atoms in total. The van der Waals surface area contributed by atoms with Gasteiger partial charge in [-0.25, -0.2) is 4.39 Å². The van der Waals surface area contributed by atoms with Gasteiger partial charge in [-0.15, -0.1) is 10.2 Å². The molecule has 2 fully saturated rings. The third kappa shape index (κ3) is 10.4. The first-order valence-corrected chi connectivity index (χ1v) is 23.5. The van der Waals surface area contributed by atoms with E-state index in [1.165, 1.54) is 12.1 Å². The van der Waals surface area contributed by atoms with Gasteiger partial charge in [0.15, 0.2) is 17.3 Å². The fraction of sp³-hybridized carbons (Fsp3) is 0.417. The van der Waals surface area contributed by atoms with Crippen molar-refractivity contribution in [3.63, 3.8) is 0 Å². The zero-order chi connectivity index (χ0) is 47.4. The van der Waals surface area contributed by atoms with Crippen LogP contribution in [0.2, 0.25) is 10.0 Å². The number of unbranched alkanes of at least 4 members (excludes halogenated alkanes) is 7. The topological polar surface area (TPSA) is 195 Å². The van der Waals surface area contributed by atoms with Gasteiger partial charge >= 0.3 is 0 Å². The van der Waals surface area contributed by atoms with Crippen LogP contribution >= 0.6 is 23.2 Å². The van der Waals surface area contributed by atoms with Gasteiger partial charge < -0.3 is 25.6 Å². The Morgan fingerprint density at radius 2 is 1.57 bits per heavy atom. The monoisotopic (exact) mass is 955 g/mol. The molecule has 4 N–H and O–H groups in total. The summed E-state index contributed by atoms with van der Waals surface area (Å²) in [4.78, 5) is 82.5. The van der Waals surface area contributed by atoms with Gasteiger partial charge in [0.25, 0.3) is 23.6 Å². The predicted octanol–water partition coefficient (Wildman–Crippen LogP) is 7.85. The Bertz CT molecular complexity index is 2570. The van der Waals surface area contributed by atoms with Crippen molar-refractivity contribution < 1.29 is 37.9 Å². The molecule has 4 aliphatic rings. The lowest BCUT2D eigenvalue weighted by Crippen LogP contribution is -2.58. The number of amides is 6. The highest BCUT2D eigenvalue weighted by Crippen LogP contribution is 2.42. The molecular formula is C48H52Cl2FN9O7.